The Kier molecular flexibility index (Phi) is 6.84. The van der Waals surface area contributed by atoms with E-state index >= 15 is 0 Å². The first kappa shape index (κ1) is 18.5. The molecule has 2 heterocycles. The summed E-state index contributed by atoms with van der Waals surface area (Å²) in [6.45, 7) is 12.6. The van der Waals surface area contributed by atoms with Crippen molar-refractivity contribution in [2.24, 2.45) is 4.99 Å². The van der Waals surface area contributed by atoms with Gasteiger partial charge >= 0.3 is 6.09 Å². The molecule has 1 N–H and O–H groups in total. The number of thiazole rings is 1. The van der Waals surface area contributed by atoms with Crippen molar-refractivity contribution < 1.29 is 9.53 Å². The number of nitrogens with zero attached hydrogens (tertiary/aromatic N) is 4. The summed E-state index contributed by atoms with van der Waals surface area (Å²) in [7, 11) is 0. The molecule has 0 radical (unpaired) electrons. The van der Waals surface area contributed by atoms with E-state index in [-0.39, 0.29) is 6.09 Å². The van der Waals surface area contributed by atoms with Crippen LogP contribution in [-0.4, -0.2) is 66.2 Å². The van der Waals surface area contributed by atoms with Gasteiger partial charge in [-0.3, -0.25) is 0 Å². The van der Waals surface area contributed by atoms with E-state index in [2.05, 4.69) is 22.1 Å². The van der Waals surface area contributed by atoms with Crippen LogP contribution in [0.2, 0.25) is 0 Å². The van der Waals surface area contributed by atoms with Gasteiger partial charge in [-0.15, -0.1) is 11.3 Å². The number of aryl methyl sites for hydroxylation is 2. The van der Waals surface area contributed by atoms with E-state index in [0.717, 1.165) is 36.3 Å². The molecule has 0 atom stereocenters. The van der Waals surface area contributed by atoms with Gasteiger partial charge in [0.15, 0.2) is 5.96 Å². The second-order valence-electron chi connectivity index (χ2n) is 5.58. The first-order valence-electron chi connectivity index (χ1n) is 8.43. The van der Waals surface area contributed by atoms with E-state index in [4.69, 9.17) is 9.73 Å². The third-order valence-electron chi connectivity index (χ3n) is 3.81. The normalized spacial score (nSPS) is 15.6. The largest absolute Gasteiger partial charge is 0.450 e. The maximum atomic E-state index is 11.8. The highest BCUT2D eigenvalue weighted by Gasteiger charge is 2.23. The fraction of sp³-hybridized carbons (Fsp3) is 0.688. The maximum absolute atomic E-state index is 11.8. The van der Waals surface area contributed by atoms with E-state index in [1.165, 1.54) is 4.88 Å². The number of guanidine groups is 1. The first-order valence-corrected chi connectivity index (χ1v) is 9.24. The molecule has 1 aromatic heterocycles. The first-order chi connectivity index (χ1) is 11.5. The van der Waals surface area contributed by atoms with E-state index < -0.39 is 0 Å². The number of nitrogens with one attached hydrogen (secondary N) is 1. The Morgan fingerprint density at radius 3 is 2.46 bits per heavy atom. The van der Waals surface area contributed by atoms with Crippen molar-refractivity contribution in [2.75, 3.05) is 39.3 Å². The number of carbonyl (C=O) groups is 1. The Morgan fingerprint density at radius 2 is 1.92 bits per heavy atom. The number of ether oxygens (including phenoxy) is 1. The number of hydrogen-bond acceptors (Lipinski definition) is 5. The van der Waals surface area contributed by atoms with E-state index in [1.54, 1.807) is 16.2 Å². The highest BCUT2D eigenvalue weighted by atomic mass is 32.1. The topological polar surface area (TPSA) is 70.1 Å². The number of aliphatic imine (C=N–C) groups is 1. The monoisotopic (exact) mass is 353 g/mol. The van der Waals surface area contributed by atoms with Crippen molar-refractivity contribution in [3.8, 4) is 0 Å². The standard InChI is InChI=1S/C16H27N5O2S/c1-5-17-15(18-11-14-12(3)19-13(4)24-14)20-7-9-21(10-8-20)16(22)23-6-2/h5-11H2,1-4H3,(H,17,18). The minimum Gasteiger partial charge on any atom is -0.450 e. The highest BCUT2D eigenvalue weighted by molar-refractivity contribution is 7.11. The molecule has 0 aliphatic carbocycles. The predicted molar refractivity (Wildman–Crippen MR) is 96.6 cm³/mol. The van der Waals surface area contributed by atoms with Crippen LogP contribution in [0.25, 0.3) is 0 Å². The molecule has 0 saturated carbocycles. The van der Waals surface area contributed by atoms with Gasteiger partial charge < -0.3 is 19.9 Å². The number of piperazine rings is 1. The molecule has 1 fully saturated rings. The van der Waals surface area contributed by atoms with Crippen molar-refractivity contribution in [3.05, 3.63) is 15.6 Å². The minimum absolute atomic E-state index is 0.227. The van der Waals surface area contributed by atoms with Gasteiger partial charge in [-0.05, 0) is 27.7 Å². The lowest BCUT2D eigenvalue weighted by atomic mass is 10.3. The van der Waals surface area contributed by atoms with Gasteiger partial charge in [-0.1, -0.05) is 0 Å². The predicted octanol–water partition coefficient (Wildman–Crippen LogP) is 2.00. The SMILES string of the molecule is CCNC(=NCc1sc(C)nc1C)N1CCN(C(=O)OCC)CC1. The summed E-state index contributed by atoms with van der Waals surface area (Å²) in [5.74, 6) is 0.895. The van der Waals surface area contributed by atoms with Crippen molar-refractivity contribution in [3.63, 3.8) is 0 Å². The van der Waals surface area contributed by atoms with Gasteiger partial charge in [-0.25, -0.2) is 14.8 Å². The molecule has 1 aliphatic rings. The molecule has 1 aliphatic heterocycles. The molecule has 8 heteroatoms. The lowest BCUT2D eigenvalue weighted by Crippen LogP contribution is -2.53. The third-order valence-corrected chi connectivity index (χ3v) is 4.87. The zero-order valence-electron chi connectivity index (χ0n) is 15.0. The summed E-state index contributed by atoms with van der Waals surface area (Å²) in [6, 6.07) is 0. The molecule has 0 bridgehead atoms. The number of carbonyl (C=O) groups excluding carboxylic acids is 1. The minimum atomic E-state index is -0.227. The zero-order chi connectivity index (χ0) is 17.5. The van der Waals surface area contributed by atoms with E-state index in [1.807, 2.05) is 20.8 Å². The van der Waals surface area contributed by atoms with Gasteiger partial charge in [0.2, 0.25) is 0 Å². The lowest BCUT2D eigenvalue weighted by Gasteiger charge is -2.35. The van der Waals surface area contributed by atoms with Crippen molar-refractivity contribution in [2.45, 2.75) is 34.2 Å². The second-order valence-corrected chi connectivity index (χ2v) is 6.87. The number of amides is 1. The Bertz CT molecular complexity index is 579. The number of aromatic nitrogens is 1. The molecular formula is C16H27N5O2S. The summed E-state index contributed by atoms with van der Waals surface area (Å²) in [6.07, 6.45) is -0.227. The Balaban J connectivity index is 1.97. The lowest BCUT2D eigenvalue weighted by molar-refractivity contribution is 0.0914. The van der Waals surface area contributed by atoms with Gasteiger partial charge in [0, 0.05) is 37.6 Å². The average Bonchev–Trinajstić information content (AvgIpc) is 2.89. The third kappa shape index (κ3) is 4.83. The quantitative estimate of drug-likeness (QED) is 0.662. The van der Waals surface area contributed by atoms with Crippen LogP contribution in [0.15, 0.2) is 4.99 Å². The van der Waals surface area contributed by atoms with Crippen molar-refractivity contribution >= 4 is 23.4 Å². The molecule has 7 nitrogen and oxygen atoms in total. The molecule has 1 saturated heterocycles. The Labute approximate surface area is 147 Å². The van der Waals surface area contributed by atoms with Crippen LogP contribution in [0.4, 0.5) is 4.79 Å². The van der Waals surface area contributed by atoms with Crippen LogP contribution in [0, 0.1) is 13.8 Å². The number of rotatable bonds is 4. The smallest absolute Gasteiger partial charge is 0.409 e. The summed E-state index contributed by atoms with van der Waals surface area (Å²) < 4.78 is 5.06. The van der Waals surface area contributed by atoms with Gasteiger partial charge in [0.25, 0.3) is 0 Å². The highest BCUT2D eigenvalue weighted by Crippen LogP contribution is 2.18. The molecule has 24 heavy (non-hydrogen) atoms. The van der Waals surface area contributed by atoms with Crippen LogP contribution < -0.4 is 5.32 Å². The number of hydrogen-bond donors (Lipinski definition) is 1. The van der Waals surface area contributed by atoms with E-state index in [0.29, 0.717) is 26.2 Å². The molecule has 2 rings (SSSR count). The molecule has 0 spiro atoms. The summed E-state index contributed by atoms with van der Waals surface area (Å²) >= 11 is 1.70. The summed E-state index contributed by atoms with van der Waals surface area (Å²) in [5.41, 5.74) is 1.06. The van der Waals surface area contributed by atoms with Crippen LogP contribution in [0.1, 0.15) is 29.4 Å². The van der Waals surface area contributed by atoms with Crippen molar-refractivity contribution in [1.82, 2.24) is 20.1 Å². The summed E-state index contributed by atoms with van der Waals surface area (Å²) in [5, 5.41) is 4.42. The van der Waals surface area contributed by atoms with Crippen LogP contribution in [-0.2, 0) is 11.3 Å². The Hall–Kier alpha value is -1.83. The van der Waals surface area contributed by atoms with Crippen LogP contribution in [0.3, 0.4) is 0 Å². The molecule has 1 amide bonds. The van der Waals surface area contributed by atoms with Gasteiger partial charge in [-0.2, -0.15) is 0 Å². The van der Waals surface area contributed by atoms with Crippen molar-refractivity contribution in [1.29, 1.82) is 0 Å². The second kappa shape index (κ2) is 8.86. The van der Waals surface area contributed by atoms with Gasteiger partial charge in [0.1, 0.15) is 0 Å². The molecule has 134 valence electrons. The fourth-order valence-corrected chi connectivity index (χ4v) is 3.47. The van der Waals surface area contributed by atoms with Crippen LogP contribution in [0.5, 0.6) is 0 Å². The summed E-state index contributed by atoms with van der Waals surface area (Å²) in [4.78, 5) is 26.1. The van der Waals surface area contributed by atoms with Gasteiger partial charge in [0.05, 0.1) is 23.9 Å². The molecule has 0 unspecified atom stereocenters. The maximum Gasteiger partial charge on any atom is 0.409 e. The van der Waals surface area contributed by atoms with Crippen LogP contribution >= 0.6 is 11.3 Å². The molecular weight excluding hydrogens is 326 g/mol. The fourth-order valence-electron chi connectivity index (χ4n) is 2.61. The Morgan fingerprint density at radius 1 is 1.25 bits per heavy atom. The van der Waals surface area contributed by atoms with E-state index in [9.17, 15) is 4.79 Å². The zero-order valence-corrected chi connectivity index (χ0v) is 15.8. The molecule has 0 aromatic carbocycles. The molecule has 1 aromatic rings. The average molecular weight is 353 g/mol.